The second-order valence-corrected chi connectivity index (χ2v) is 8.57. The molecule has 0 saturated carbocycles. The van der Waals surface area contributed by atoms with Gasteiger partial charge in [0.05, 0.1) is 39.0 Å². The lowest BCUT2D eigenvalue weighted by Crippen LogP contribution is -2.19. The van der Waals surface area contributed by atoms with Crippen LogP contribution in [0, 0.1) is 0 Å². The molecule has 0 amide bonds. The normalized spacial score (nSPS) is 10.9. The van der Waals surface area contributed by atoms with Crippen LogP contribution >= 0.6 is 11.3 Å². The average molecular weight is 495 g/mol. The molecule has 0 spiro atoms. The number of methoxy groups -OCH3 is 2. The number of benzene rings is 2. The van der Waals surface area contributed by atoms with Crippen molar-refractivity contribution in [3.05, 3.63) is 76.1 Å². The van der Waals surface area contributed by atoms with Gasteiger partial charge in [-0.15, -0.1) is 11.3 Å². The monoisotopic (exact) mass is 494 g/mol. The fraction of sp³-hybridized carbons (Fsp3) is 0.231. The SMILES string of the molecule is CCOC(=O)Oc1cn(Cc2ccccc2OC)c2sc(-c3ccc(OC)cc3)c(CN)c2c1=O. The molecule has 0 aliphatic heterocycles. The summed E-state index contributed by atoms with van der Waals surface area (Å²) in [7, 11) is 3.21. The zero-order valence-corrected chi connectivity index (χ0v) is 20.5. The molecule has 4 rings (SSSR count). The Morgan fingerprint density at radius 1 is 1.03 bits per heavy atom. The highest BCUT2D eigenvalue weighted by Gasteiger charge is 2.22. The van der Waals surface area contributed by atoms with E-state index in [1.54, 1.807) is 21.1 Å². The maximum Gasteiger partial charge on any atom is 0.514 e. The van der Waals surface area contributed by atoms with Crippen molar-refractivity contribution in [3.8, 4) is 27.7 Å². The van der Waals surface area contributed by atoms with Crippen LogP contribution in [-0.2, 0) is 17.8 Å². The number of rotatable bonds is 8. The minimum Gasteiger partial charge on any atom is -0.497 e. The summed E-state index contributed by atoms with van der Waals surface area (Å²) < 4.78 is 22.9. The summed E-state index contributed by atoms with van der Waals surface area (Å²) in [5.74, 6) is 1.31. The number of nitrogens with two attached hydrogens (primary N) is 1. The summed E-state index contributed by atoms with van der Waals surface area (Å²) >= 11 is 1.46. The van der Waals surface area contributed by atoms with Gasteiger partial charge in [0.1, 0.15) is 16.3 Å². The first-order valence-electron chi connectivity index (χ1n) is 11.0. The van der Waals surface area contributed by atoms with E-state index in [4.69, 9.17) is 24.7 Å². The number of para-hydroxylation sites is 1. The fourth-order valence-corrected chi connectivity index (χ4v) is 5.19. The number of hydrogen-bond acceptors (Lipinski definition) is 8. The van der Waals surface area contributed by atoms with E-state index in [9.17, 15) is 9.59 Å². The number of carbonyl (C=O) groups is 1. The predicted octanol–water partition coefficient (Wildman–Crippen LogP) is 4.79. The molecule has 0 fully saturated rings. The van der Waals surface area contributed by atoms with Crippen molar-refractivity contribution in [2.24, 2.45) is 5.73 Å². The van der Waals surface area contributed by atoms with Gasteiger partial charge in [-0.3, -0.25) is 4.79 Å². The molecular formula is C26H26N2O6S. The summed E-state index contributed by atoms with van der Waals surface area (Å²) in [5, 5.41) is 0.417. The molecule has 0 aliphatic rings. The van der Waals surface area contributed by atoms with Gasteiger partial charge < -0.3 is 29.2 Å². The molecule has 2 aromatic carbocycles. The highest BCUT2D eigenvalue weighted by molar-refractivity contribution is 7.22. The van der Waals surface area contributed by atoms with Gasteiger partial charge in [-0.05, 0) is 48.4 Å². The molecule has 35 heavy (non-hydrogen) atoms. The molecule has 0 atom stereocenters. The van der Waals surface area contributed by atoms with Crippen molar-refractivity contribution in [2.45, 2.75) is 20.0 Å². The van der Waals surface area contributed by atoms with Crippen molar-refractivity contribution in [1.82, 2.24) is 4.57 Å². The number of nitrogens with zero attached hydrogens (tertiary/aromatic N) is 1. The summed E-state index contributed by atoms with van der Waals surface area (Å²) in [6.45, 7) is 2.31. The van der Waals surface area contributed by atoms with E-state index in [-0.39, 0.29) is 18.9 Å². The van der Waals surface area contributed by atoms with E-state index in [0.717, 1.165) is 21.8 Å². The van der Waals surface area contributed by atoms with E-state index in [0.29, 0.717) is 28.1 Å². The second-order valence-electron chi connectivity index (χ2n) is 7.57. The topological polar surface area (TPSA) is 102 Å². The van der Waals surface area contributed by atoms with Crippen LogP contribution in [0.3, 0.4) is 0 Å². The van der Waals surface area contributed by atoms with Gasteiger partial charge in [-0.1, -0.05) is 18.2 Å². The molecule has 9 heteroatoms. The highest BCUT2D eigenvalue weighted by atomic mass is 32.1. The molecule has 8 nitrogen and oxygen atoms in total. The first kappa shape index (κ1) is 24.3. The molecule has 182 valence electrons. The smallest absolute Gasteiger partial charge is 0.497 e. The van der Waals surface area contributed by atoms with Crippen LogP contribution in [-0.4, -0.2) is 31.5 Å². The third kappa shape index (κ3) is 4.87. The Bertz CT molecular complexity index is 1410. The van der Waals surface area contributed by atoms with Crippen molar-refractivity contribution >= 4 is 27.7 Å². The van der Waals surface area contributed by atoms with E-state index in [1.807, 2.05) is 53.1 Å². The molecule has 0 aliphatic carbocycles. The number of carbonyl (C=O) groups excluding carboxylic acids is 1. The van der Waals surface area contributed by atoms with Crippen LogP contribution < -0.4 is 25.4 Å². The van der Waals surface area contributed by atoms with Gasteiger partial charge in [0.25, 0.3) is 0 Å². The molecule has 2 heterocycles. The quantitative estimate of drug-likeness (QED) is 0.351. The van der Waals surface area contributed by atoms with Crippen molar-refractivity contribution < 1.29 is 23.7 Å². The van der Waals surface area contributed by atoms with Crippen LogP contribution in [0.15, 0.2) is 59.5 Å². The molecule has 0 saturated heterocycles. The predicted molar refractivity (Wildman–Crippen MR) is 136 cm³/mol. The van der Waals surface area contributed by atoms with Gasteiger partial charge >= 0.3 is 6.16 Å². The minimum atomic E-state index is -0.937. The Morgan fingerprint density at radius 2 is 1.77 bits per heavy atom. The van der Waals surface area contributed by atoms with E-state index in [1.165, 1.54) is 17.5 Å². The van der Waals surface area contributed by atoms with Gasteiger partial charge in [-0.2, -0.15) is 0 Å². The lowest BCUT2D eigenvalue weighted by atomic mass is 10.1. The number of aromatic nitrogens is 1. The van der Waals surface area contributed by atoms with Crippen molar-refractivity contribution in [3.63, 3.8) is 0 Å². The van der Waals surface area contributed by atoms with Crippen LogP contribution in [0.5, 0.6) is 17.2 Å². The van der Waals surface area contributed by atoms with Gasteiger partial charge in [0.15, 0.2) is 5.75 Å². The highest BCUT2D eigenvalue weighted by Crippen LogP contribution is 2.39. The van der Waals surface area contributed by atoms with Gasteiger partial charge in [-0.25, -0.2) is 4.79 Å². The Labute approximate surface area is 206 Å². The first-order chi connectivity index (χ1) is 17.0. The van der Waals surface area contributed by atoms with Crippen LogP contribution in [0.2, 0.25) is 0 Å². The molecule has 2 aromatic heterocycles. The van der Waals surface area contributed by atoms with E-state index in [2.05, 4.69) is 0 Å². The average Bonchev–Trinajstić information content (AvgIpc) is 3.27. The lowest BCUT2D eigenvalue weighted by Gasteiger charge is -2.14. The molecule has 2 N–H and O–H groups in total. The number of hydrogen-bond donors (Lipinski definition) is 1. The molecule has 0 unspecified atom stereocenters. The van der Waals surface area contributed by atoms with Crippen LogP contribution in [0.1, 0.15) is 18.1 Å². The van der Waals surface area contributed by atoms with Crippen LogP contribution in [0.4, 0.5) is 4.79 Å². The van der Waals surface area contributed by atoms with Gasteiger partial charge in [0, 0.05) is 17.0 Å². The Kier molecular flexibility index (Phi) is 7.38. The zero-order valence-electron chi connectivity index (χ0n) is 19.7. The standard InChI is InChI=1S/C26H26N2O6S/c1-4-33-26(30)34-21-15-28(14-17-7-5-6-8-20(17)32-3)25-22(23(21)29)19(13-27)24(35-25)16-9-11-18(31-2)12-10-16/h5-12,15H,4,13-14,27H2,1-3H3. The van der Waals surface area contributed by atoms with Crippen molar-refractivity contribution in [1.29, 1.82) is 0 Å². The lowest BCUT2D eigenvalue weighted by molar-refractivity contribution is 0.104. The maximum absolute atomic E-state index is 13.5. The maximum atomic E-state index is 13.5. The number of fused-ring (bicyclic) bond motifs is 1. The first-order valence-corrected chi connectivity index (χ1v) is 11.8. The minimum absolute atomic E-state index is 0.125. The third-order valence-electron chi connectivity index (χ3n) is 5.52. The van der Waals surface area contributed by atoms with Gasteiger partial charge in [0.2, 0.25) is 5.43 Å². The number of thiophene rings is 1. The summed E-state index contributed by atoms with van der Waals surface area (Å²) in [6.07, 6.45) is 0.593. The third-order valence-corrected chi connectivity index (χ3v) is 6.84. The zero-order chi connectivity index (χ0) is 24.9. The van der Waals surface area contributed by atoms with Crippen molar-refractivity contribution in [2.75, 3.05) is 20.8 Å². The van der Waals surface area contributed by atoms with E-state index < -0.39 is 11.6 Å². The Morgan fingerprint density at radius 3 is 2.43 bits per heavy atom. The summed E-state index contributed by atoms with van der Waals surface area (Å²) in [4.78, 5) is 27.1. The summed E-state index contributed by atoms with van der Waals surface area (Å²) in [6, 6.07) is 15.2. The molecule has 0 radical (unpaired) electrons. The number of ether oxygens (including phenoxy) is 4. The molecule has 0 bridgehead atoms. The largest absolute Gasteiger partial charge is 0.514 e. The van der Waals surface area contributed by atoms with E-state index >= 15 is 0 Å². The Hall–Kier alpha value is -3.82. The van der Waals surface area contributed by atoms with Crippen LogP contribution in [0.25, 0.3) is 20.7 Å². The summed E-state index contributed by atoms with van der Waals surface area (Å²) in [5.41, 5.74) is 8.22. The molecule has 4 aromatic rings. The second kappa shape index (κ2) is 10.6. The number of pyridine rings is 1. The Balaban J connectivity index is 1.94. The fourth-order valence-electron chi connectivity index (χ4n) is 3.88. The molecular weight excluding hydrogens is 468 g/mol.